The van der Waals surface area contributed by atoms with Gasteiger partial charge in [-0.15, -0.1) is 5.92 Å². The molecule has 29 heavy (non-hydrogen) atoms. The maximum Gasteiger partial charge on any atom is 0.433 e. The summed E-state index contributed by atoms with van der Waals surface area (Å²) < 4.78 is 48.3. The Morgan fingerprint density at radius 2 is 1.72 bits per heavy atom. The molecule has 2 aromatic rings. The van der Waals surface area contributed by atoms with Crippen LogP contribution in [0.1, 0.15) is 36.9 Å². The van der Waals surface area contributed by atoms with Crippen molar-refractivity contribution < 1.29 is 32.5 Å². The monoisotopic (exact) mass is 407 g/mol. The molecule has 1 N–H and O–H groups in total. The Morgan fingerprint density at radius 1 is 1.10 bits per heavy atom. The van der Waals surface area contributed by atoms with Crippen LogP contribution in [0.4, 0.5) is 13.2 Å². The first kappa shape index (κ1) is 22.1. The van der Waals surface area contributed by atoms with Crippen molar-refractivity contribution in [2.75, 3.05) is 13.2 Å². The first-order valence-electron chi connectivity index (χ1n) is 8.82. The summed E-state index contributed by atoms with van der Waals surface area (Å²) >= 11 is 0. The van der Waals surface area contributed by atoms with E-state index in [0.717, 1.165) is 17.8 Å². The number of ether oxygens (including phenoxy) is 2. The zero-order valence-electron chi connectivity index (χ0n) is 15.7. The summed E-state index contributed by atoms with van der Waals surface area (Å²) in [4.78, 5) is 14.3. The van der Waals surface area contributed by atoms with E-state index in [1.54, 1.807) is 31.2 Å². The third-order valence-corrected chi connectivity index (χ3v) is 3.83. The summed E-state index contributed by atoms with van der Waals surface area (Å²) in [7, 11) is 0. The van der Waals surface area contributed by atoms with E-state index in [0.29, 0.717) is 18.8 Å². The average Bonchev–Trinajstić information content (AvgIpc) is 2.67. The summed E-state index contributed by atoms with van der Waals surface area (Å²) in [5.74, 6) is 5.20. The lowest BCUT2D eigenvalue weighted by molar-refractivity contribution is -0.141. The summed E-state index contributed by atoms with van der Waals surface area (Å²) in [6.45, 7) is 2.27. The number of aromatic nitrogens is 1. The molecule has 0 spiro atoms. The van der Waals surface area contributed by atoms with E-state index in [-0.39, 0.29) is 24.7 Å². The van der Waals surface area contributed by atoms with Gasteiger partial charge in [0.2, 0.25) is 0 Å². The molecule has 0 aliphatic heterocycles. The number of benzene rings is 1. The lowest BCUT2D eigenvalue weighted by atomic mass is 9.96. The van der Waals surface area contributed by atoms with Crippen molar-refractivity contribution in [2.45, 2.75) is 31.9 Å². The van der Waals surface area contributed by atoms with Gasteiger partial charge < -0.3 is 14.6 Å². The zero-order valence-corrected chi connectivity index (χ0v) is 15.7. The maximum atomic E-state index is 12.4. The number of carbonyl (C=O) groups is 1. The number of nitrogens with zero attached hydrogens (tertiary/aromatic N) is 1. The Hall–Kier alpha value is -3.21. The van der Waals surface area contributed by atoms with E-state index in [2.05, 4.69) is 16.8 Å². The van der Waals surface area contributed by atoms with Gasteiger partial charge in [-0.3, -0.25) is 4.79 Å². The number of pyridine rings is 1. The van der Waals surface area contributed by atoms with Gasteiger partial charge in [0.05, 0.1) is 31.7 Å². The molecule has 8 heteroatoms. The molecule has 0 fully saturated rings. The zero-order chi connectivity index (χ0) is 21.3. The van der Waals surface area contributed by atoms with E-state index < -0.39 is 17.8 Å². The van der Waals surface area contributed by atoms with Crippen LogP contribution in [0, 0.1) is 11.8 Å². The Kier molecular flexibility index (Phi) is 7.89. The van der Waals surface area contributed by atoms with Crippen molar-refractivity contribution in [3.63, 3.8) is 0 Å². The van der Waals surface area contributed by atoms with Crippen LogP contribution in [0.2, 0.25) is 0 Å². The minimum absolute atomic E-state index is 0.0722. The number of alkyl halides is 3. The normalized spacial score (nSPS) is 11.9. The lowest BCUT2D eigenvalue weighted by Crippen LogP contribution is -2.08. The van der Waals surface area contributed by atoms with Crippen molar-refractivity contribution >= 4 is 5.97 Å². The number of hydrogen-bond acceptors (Lipinski definition) is 4. The van der Waals surface area contributed by atoms with Crippen molar-refractivity contribution in [1.29, 1.82) is 0 Å². The molecule has 0 aliphatic carbocycles. The van der Waals surface area contributed by atoms with Crippen molar-refractivity contribution in [3.05, 3.63) is 53.9 Å². The summed E-state index contributed by atoms with van der Waals surface area (Å²) in [5.41, 5.74) is -0.167. The largest absolute Gasteiger partial charge is 0.493 e. The Morgan fingerprint density at radius 3 is 2.24 bits per heavy atom. The summed E-state index contributed by atoms with van der Waals surface area (Å²) in [6.07, 6.45) is -2.99. The van der Waals surface area contributed by atoms with E-state index in [1.807, 2.05) is 0 Å². The molecule has 154 valence electrons. The molecule has 0 bridgehead atoms. The predicted molar refractivity (Wildman–Crippen MR) is 99.7 cm³/mol. The third-order valence-electron chi connectivity index (χ3n) is 3.83. The number of aliphatic carboxylic acids is 1. The molecule has 0 aliphatic rings. The predicted octanol–water partition coefficient (Wildman–Crippen LogP) is 4.53. The topological polar surface area (TPSA) is 68.7 Å². The molecular formula is C21H20F3NO4. The van der Waals surface area contributed by atoms with Crippen LogP contribution in [-0.2, 0) is 11.0 Å². The van der Waals surface area contributed by atoms with E-state index >= 15 is 0 Å². The quantitative estimate of drug-likeness (QED) is 0.489. The van der Waals surface area contributed by atoms with Crippen molar-refractivity contribution in [3.8, 4) is 23.3 Å². The Labute approximate surface area is 166 Å². The first-order chi connectivity index (χ1) is 13.8. The second-order valence-electron chi connectivity index (χ2n) is 6.04. The highest BCUT2D eigenvalue weighted by Gasteiger charge is 2.32. The average molecular weight is 407 g/mol. The fourth-order valence-corrected chi connectivity index (χ4v) is 2.47. The van der Waals surface area contributed by atoms with E-state index in [1.165, 1.54) is 6.07 Å². The van der Waals surface area contributed by atoms with Crippen LogP contribution in [0.3, 0.4) is 0 Å². The molecule has 0 saturated heterocycles. The summed E-state index contributed by atoms with van der Waals surface area (Å²) in [5, 5.41) is 8.97. The van der Waals surface area contributed by atoms with E-state index in [9.17, 15) is 18.0 Å². The van der Waals surface area contributed by atoms with Crippen LogP contribution < -0.4 is 9.47 Å². The molecule has 1 aromatic carbocycles. The van der Waals surface area contributed by atoms with Gasteiger partial charge >= 0.3 is 12.1 Å². The highest BCUT2D eigenvalue weighted by atomic mass is 19.4. The van der Waals surface area contributed by atoms with Crippen LogP contribution in [0.25, 0.3) is 0 Å². The van der Waals surface area contributed by atoms with Gasteiger partial charge in [0, 0.05) is 6.42 Å². The molecule has 0 amide bonds. The lowest BCUT2D eigenvalue weighted by Gasteiger charge is -2.11. The minimum Gasteiger partial charge on any atom is -0.493 e. The Bertz CT molecular complexity index is 853. The van der Waals surface area contributed by atoms with Gasteiger partial charge in [0.1, 0.15) is 17.2 Å². The van der Waals surface area contributed by atoms with E-state index in [4.69, 9.17) is 14.6 Å². The molecule has 2 rings (SSSR count). The molecule has 0 saturated carbocycles. The van der Waals surface area contributed by atoms with Gasteiger partial charge in [-0.2, -0.15) is 13.2 Å². The molecule has 0 radical (unpaired) electrons. The second kappa shape index (κ2) is 10.4. The number of hydrogen-bond donors (Lipinski definition) is 1. The third kappa shape index (κ3) is 7.37. The van der Waals surface area contributed by atoms with Crippen LogP contribution in [0.15, 0.2) is 42.6 Å². The maximum absolute atomic E-state index is 12.4. The molecule has 1 atom stereocenters. The number of rotatable bonds is 9. The first-order valence-corrected chi connectivity index (χ1v) is 8.82. The molecular weight excluding hydrogens is 387 g/mol. The van der Waals surface area contributed by atoms with Gasteiger partial charge in [0.25, 0.3) is 0 Å². The molecule has 1 unspecified atom stereocenters. The van der Waals surface area contributed by atoms with Gasteiger partial charge in [-0.25, -0.2) is 4.98 Å². The minimum atomic E-state index is -4.47. The second-order valence-corrected chi connectivity index (χ2v) is 6.04. The smallest absolute Gasteiger partial charge is 0.433 e. The van der Waals surface area contributed by atoms with Crippen molar-refractivity contribution in [2.24, 2.45) is 0 Å². The fraction of sp³-hybridized carbons (Fsp3) is 0.333. The Balaban J connectivity index is 1.76. The van der Waals surface area contributed by atoms with Gasteiger partial charge in [0.15, 0.2) is 0 Å². The SMILES string of the molecule is CC#CC(CC(=O)O)c1ccc(OCCCOc2ccc(C(F)(F)F)nc2)cc1. The van der Waals surface area contributed by atoms with Crippen LogP contribution in [0.5, 0.6) is 11.5 Å². The highest BCUT2D eigenvalue weighted by molar-refractivity contribution is 5.69. The van der Waals surface area contributed by atoms with Crippen LogP contribution >= 0.6 is 0 Å². The fourth-order valence-electron chi connectivity index (χ4n) is 2.47. The van der Waals surface area contributed by atoms with Gasteiger partial charge in [-0.05, 0) is 36.8 Å². The highest BCUT2D eigenvalue weighted by Crippen LogP contribution is 2.28. The van der Waals surface area contributed by atoms with Crippen LogP contribution in [-0.4, -0.2) is 29.3 Å². The van der Waals surface area contributed by atoms with Gasteiger partial charge in [-0.1, -0.05) is 18.1 Å². The summed E-state index contributed by atoms with van der Waals surface area (Å²) in [6, 6.07) is 9.12. The molecule has 5 nitrogen and oxygen atoms in total. The number of carboxylic acid groups (broad SMARTS) is 1. The standard InChI is InChI=1S/C21H20F3NO4/c1-2-4-16(13-20(26)27)15-5-7-17(8-6-15)28-11-3-12-29-18-9-10-19(25-14-18)21(22,23)24/h5-10,14,16H,3,11-13H2,1H3,(H,26,27). The number of carboxylic acids is 1. The molecule has 1 heterocycles. The molecule has 1 aromatic heterocycles. The van der Waals surface area contributed by atoms with Crippen molar-refractivity contribution in [1.82, 2.24) is 4.98 Å². The number of halogens is 3.